The minimum absolute atomic E-state index is 0.0656. The van der Waals surface area contributed by atoms with Crippen LogP contribution in [0, 0.1) is 11.7 Å². The number of H-pyrrole nitrogens is 1. The molecule has 0 unspecified atom stereocenters. The number of aromatic nitrogens is 1. The maximum atomic E-state index is 13.3. The fourth-order valence-corrected chi connectivity index (χ4v) is 4.16. The molecule has 2 atom stereocenters. The van der Waals surface area contributed by atoms with E-state index in [0.29, 0.717) is 10.9 Å². The summed E-state index contributed by atoms with van der Waals surface area (Å²) in [6.07, 6.45) is -0.902. The minimum Gasteiger partial charge on any atom is -0.391 e. The largest absolute Gasteiger partial charge is 0.391 e. The number of sulfonamides is 1. The van der Waals surface area contributed by atoms with E-state index in [9.17, 15) is 22.7 Å². The number of aliphatic hydroxyl groups excluding tert-OH is 1. The van der Waals surface area contributed by atoms with Crippen LogP contribution < -0.4 is 0 Å². The van der Waals surface area contributed by atoms with Crippen molar-refractivity contribution in [2.45, 2.75) is 6.10 Å². The molecule has 0 saturated carbocycles. The lowest BCUT2D eigenvalue weighted by Gasteiger charge is -2.17. The highest BCUT2D eigenvalue weighted by Crippen LogP contribution is 2.23. The van der Waals surface area contributed by atoms with Crippen LogP contribution in [0.5, 0.6) is 0 Å². The van der Waals surface area contributed by atoms with Crippen LogP contribution in [-0.2, 0) is 10.0 Å². The van der Waals surface area contributed by atoms with E-state index in [1.165, 1.54) is 31.1 Å². The summed E-state index contributed by atoms with van der Waals surface area (Å²) in [5, 5.41) is 10.7. The number of carbonyl (C=O) groups is 1. The molecule has 7 nitrogen and oxygen atoms in total. The third-order valence-electron chi connectivity index (χ3n) is 4.49. The van der Waals surface area contributed by atoms with Gasteiger partial charge in [-0.1, -0.05) is 0 Å². The van der Waals surface area contributed by atoms with E-state index < -0.39 is 27.9 Å². The number of amides is 1. The average Bonchev–Trinajstić information content (AvgIpc) is 3.09. The first kappa shape index (κ1) is 17.8. The standard InChI is InChI=1S/C16H20FN3O4S/c1-19(2)25(23,24)9-11-7-20(8-15(11)21)16(22)14-6-10-5-12(17)3-4-13(10)18-14/h3-6,11,15,18,21H,7-9H2,1-2H3/t11-,15-/m0/s1. The number of hydrogen-bond donors (Lipinski definition) is 2. The van der Waals surface area contributed by atoms with Gasteiger partial charge in [0.2, 0.25) is 10.0 Å². The third kappa shape index (κ3) is 3.53. The van der Waals surface area contributed by atoms with Gasteiger partial charge in [0.1, 0.15) is 11.5 Å². The zero-order valence-corrected chi connectivity index (χ0v) is 14.8. The Morgan fingerprint density at radius 3 is 2.76 bits per heavy atom. The molecule has 0 aliphatic carbocycles. The van der Waals surface area contributed by atoms with E-state index >= 15 is 0 Å². The molecule has 1 fully saturated rings. The number of nitrogens with one attached hydrogen (secondary N) is 1. The van der Waals surface area contributed by atoms with Crippen LogP contribution in [0.4, 0.5) is 4.39 Å². The highest BCUT2D eigenvalue weighted by molar-refractivity contribution is 7.89. The maximum Gasteiger partial charge on any atom is 0.270 e. The molecule has 0 bridgehead atoms. The monoisotopic (exact) mass is 369 g/mol. The van der Waals surface area contributed by atoms with Gasteiger partial charge in [0.25, 0.3) is 5.91 Å². The molecule has 136 valence electrons. The van der Waals surface area contributed by atoms with Gasteiger partial charge in [0, 0.05) is 44.0 Å². The molecule has 1 aromatic heterocycles. The molecule has 1 aliphatic heterocycles. The van der Waals surface area contributed by atoms with Crippen molar-refractivity contribution in [3.63, 3.8) is 0 Å². The Morgan fingerprint density at radius 1 is 1.36 bits per heavy atom. The Hall–Kier alpha value is -1.97. The number of carbonyl (C=O) groups excluding carboxylic acids is 1. The summed E-state index contributed by atoms with van der Waals surface area (Å²) in [5.41, 5.74) is 0.917. The maximum absolute atomic E-state index is 13.3. The second-order valence-electron chi connectivity index (χ2n) is 6.51. The molecule has 1 amide bonds. The summed E-state index contributed by atoms with van der Waals surface area (Å²) in [4.78, 5) is 17.0. The number of aromatic amines is 1. The van der Waals surface area contributed by atoms with Gasteiger partial charge in [-0.15, -0.1) is 0 Å². The van der Waals surface area contributed by atoms with Crippen molar-refractivity contribution in [1.82, 2.24) is 14.2 Å². The number of β-amino-alcohol motifs (C(OH)–C–C–N with tert-alkyl or cyclic N) is 1. The quantitative estimate of drug-likeness (QED) is 0.827. The van der Waals surface area contributed by atoms with Gasteiger partial charge >= 0.3 is 0 Å². The van der Waals surface area contributed by atoms with Crippen LogP contribution >= 0.6 is 0 Å². The van der Waals surface area contributed by atoms with E-state index in [2.05, 4.69) is 4.98 Å². The van der Waals surface area contributed by atoms with Gasteiger partial charge in [0.15, 0.2) is 0 Å². The Bertz CT molecular complexity index is 909. The Balaban J connectivity index is 1.76. The predicted octanol–water partition coefficient (Wildman–Crippen LogP) is 0.631. The molecular weight excluding hydrogens is 349 g/mol. The molecule has 3 rings (SSSR count). The number of halogens is 1. The molecule has 2 aromatic rings. The van der Waals surface area contributed by atoms with Crippen molar-refractivity contribution in [3.05, 3.63) is 35.8 Å². The Labute approximate surface area is 145 Å². The fraction of sp³-hybridized carbons (Fsp3) is 0.438. The second-order valence-corrected chi connectivity index (χ2v) is 8.74. The van der Waals surface area contributed by atoms with E-state index in [1.54, 1.807) is 12.1 Å². The number of hydrogen-bond acceptors (Lipinski definition) is 4. The molecule has 25 heavy (non-hydrogen) atoms. The van der Waals surface area contributed by atoms with E-state index in [-0.39, 0.29) is 30.4 Å². The zero-order chi connectivity index (χ0) is 18.4. The van der Waals surface area contributed by atoms with Gasteiger partial charge in [-0.3, -0.25) is 4.79 Å². The summed E-state index contributed by atoms with van der Waals surface area (Å²) >= 11 is 0. The molecule has 2 N–H and O–H groups in total. The summed E-state index contributed by atoms with van der Waals surface area (Å²) in [6, 6.07) is 5.73. The summed E-state index contributed by atoms with van der Waals surface area (Å²) in [7, 11) is -0.600. The first-order valence-corrected chi connectivity index (χ1v) is 9.44. The first-order chi connectivity index (χ1) is 11.7. The molecule has 0 spiro atoms. The van der Waals surface area contributed by atoms with Crippen molar-refractivity contribution < 1.29 is 22.7 Å². The number of aliphatic hydroxyl groups is 1. The molecule has 1 aromatic carbocycles. The Morgan fingerprint density at radius 2 is 2.08 bits per heavy atom. The first-order valence-electron chi connectivity index (χ1n) is 7.83. The Kier molecular flexibility index (Phi) is 4.56. The van der Waals surface area contributed by atoms with Crippen molar-refractivity contribution in [2.24, 2.45) is 5.92 Å². The molecule has 9 heteroatoms. The van der Waals surface area contributed by atoms with E-state index in [4.69, 9.17) is 0 Å². The normalized spacial score (nSPS) is 21.4. The van der Waals surface area contributed by atoms with Crippen LogP contribution in [0.3, 0.4) is 0 Å². The molecule has 1 aliphatic rings. The lowest BCUT2D eigenvalue weighted by Crippen LogP contribution is -2.33. The topological polar surface area (TPSA) is 93.7 Å². The highest BCUT2D eigenvalue weighted by Gasteiger charge is 2.37. The lowest BCUT2D eigenvalue weighted by molar-refractivity contribution is 0.0760. The van der Waals surface area contributed by atoms with Gasteiger partial charge in [-0.25, -0.2) is 17.1 Å². The van der Waals surface area contributed by atoms with Crippen LogP contribution in [0.25, 0.3) is 10.9 Å². The second kappa shape index (κ2) is 6.40. The van der Waals surface area contributed by atoms with E-state index in [0.717, 1.165) is 4.31 Å². The molecular formula is C16H20FN3O4S. The van der Waals surface area contributed by atoms with Crippen molar-refractivity contribution >= 4 is 26.8 Å². The van der Waals surface area contributed by atoms with Crippen LogP contribution in [0.2, 0.25) is 0 Å². The number of likely N-dealkylation sites (tertiary alicyclic amines) is 1. The minimum atomic E-state index is -3.47. The van der Waals surface area contributed by atoms with Gasteiger partial charge < -0.3 is 15.0 Å². The molecule has 1 saturated heterocycles. The number of nitrogens with zero attached hydrogens (tertiary/aromatic N) is 2. The van der Waals surface area contributed by atoms with E-state index in [1.807, 2.05) is 0 Å². The zero-order valence-electron chi connectivity index (χ0n) is 13.9. The van der Waals surface area contributed by atoms with Gasteiger partial charge in [-0.2, -0.15) is 0 Å². The van der Waals surface area contributed by atoms with Crippen molar-refractivity contribution in [1.29, 1.82) is 0 Å². The SMILES string of the molecule is CN(C)S(=O)(=O)C[C@@H]1CN(C(=O)c2cc3cc(F)ccc3[nH]2)C[C@@H]1O. The van der Waals surface area contributed by atoms with Crippen LogP contribution in [0.1, 0.15) is 10.5 Å². The summed E-state index contributed by atoms with van der Waals surface area (Å²) < 4.78 is 38.4. The van der Waals surface area contributed by atoms with Crippen molar-refractivity contribution in [2.75, 3.05) is 32.9 Å². The number of rotatable bonds is 4. The van der Waals surface area contributed by atoms with Crippen LogP contribution in [0.15, 0.2) is 24.3 Å². The highest BCUT2D eigenvalue weighted by atomic mass is 32.2. The average molecular weight is 369 g/mol. The van der Waals surface area contributed by atoms with Crippen LogP contribution in [-0.4, -0.2) is 72.7 Å². The fourth-order valence-electron chi connectivity index (χ4n) is 2.99. The van der Waals surface area contributed by atoms with Gasteiger partial charge in [-0.05, 0) is 24.3 Å². The summed E-state index contributed by atoms with van der Waals surface area (Å²) in [6.45, 7) is 0.215. The predicted molar refractivity (Wildman–Crippen MR) is 91.1 cm³/mol. The van der Waals surface area contributed by atoms with Crippen molar-refractivity contribution in [3.8, 4) is 0 Å². The summed E-state index contributed by atoms with van der Waals surface area (Å²) in [5.74, 6) is -1.50. The number of benzene rings is 1. The molecule has 2 heterocycles. The number of fused-ring (bicyclic) bond motifs is 1. The smallest absolute Gasteiger partial charge is 0.270 e. The lowest BCUT2D eigenvalue weighted by atomic mass is 10.1. The molecule has 0 radical (unpaired) electrons. The third-order valence-corrected chi connectivity index (χ3v) is 6.45. The van der Waals surface area contributed by atoms with Gasteiger partial charge in [0.05, 0.1) is 11.9 Å².